The third-order valence-electron chi connectivity index (χ3n) is 2.87. The van der Waals surface area contributed by atoms with E-state index in [1.54, 1.807) is 13.0 Å². The molecule has 0 aliphatic carbocycles. The lowest BCUT2D eigenvalue weighted by atomic mass is 10.1. The van der Waals surface area contributed by atoms with Crippen molar-refractivity contribution >= 4 is 39.1 Å². The second-order valence-corrected chi connectivity index (χ2v) is 6.78. The summed E-state index contributed by atoms with van der Waals surface area (Å²) in [6, 6.07) is 3.18. The number of carbonyl (C=O) groups is 2. The maximum Gasteiger partial charge on any atom is 0.262 e. The normalized spacial score (nSPS) is 12.3. The van der Waals surface area contributed by atoms with Crippen molar-refractivity contribution in [1.29, 1.82) is 0 Å². The molecule has 1 atom stereocenters. The van der Waals surface area contributed by atoms with E-state index in [2.05, 4.69) is 26.6 Å². The molecule has 0 bridgehead atoms. The monoisotopic (exact) mass is 346 g/mol. The number of hydrogen-bond donors (Lipinski definition) is 2. The molecule has 0 spiro atoms. The molecule has 2 amide bonds. The van der Waals surface area contributed by atoms with Gasteiger partial charge < -0.3 is 10.6 Å². The summed E-state index contributed by atoms with van der Waals surface area (Å²) in [5.41, 5.74) is 0. The van der Waals surface area contributed by atoms with Gasteiger partial charge in [0.05, 0.1) is 8.66 Å². The molecule has 19 heavy (non-hydrogen) atoms. The fourth-order valence-corrected chi connectivity index (χ4v) is 2.88. The maximum atomic E-state index is 11.9. The van der Waals surface area contributed by atoms with Crippen molar-refractivity contribution < 1.29 is 9.59 Å². The summed E-state index contributed by atoms with van der Waals surface area (Å²) < 4.78 is 0.895. The molecule has 0 saturated heterocycles. The van der Waals surface area contributed by atoms with Gasteiger partial charge in [-0.1, -0.05) is 13.8 Å². The molecule has 1 aromatic rings. The van der Waals surface area contributed by atoms with Gasteiger partial charge in [0.25, 0.3) is 5.91 Å². The van der Waals surface area contributed by atoms with E-state index in [-0.39, 0.29) is 17.9 Å². The van der Waals surface area contributed by atoms with Gasteiger partial charge in [-0.25, -0.2) is 0 Å². The predicted octanol–water partition coefficient (Wildman–Crippen LogP) is 2.93. The van der Waals surface area contributed by atoms with E-state index in [4.69, 9.17) is 0 Å². The minimum Gasteiger partial charge on any atom is -0.352 e. The highest BCUT2D eigenvalue weighted by Gasteiger charge is 2.19. The van der Waals surface area contributed by atoms with Crippen LogP contribution in [0.1, 0.15) is 43.3 Å². The van der Waals surface area contributed by atoms with Crippen molar-refractivity contribution in [1.82, 2.24) is 10.6 Å². The molecule has 106 valence electrons. The first-order valence-electron chi connectivity index (χ1n) is 6.34. The molecule has 1 rings (SSSR count). The Morgan fingerprint density at radius 3 is 2.37 bits per heavy atom. The SMILES string of the molecule is CCC(CC)NC(=O)C(C)NC(=O)c1ccc(Br)s1. The molecular formula is C13H19BrN2O2S. The van der Waals surface area contributed by atoms with Gasteiger partial charge in [-0.15, -0.1) is 11.3 Å². The van der Waals surface area contributed by atoms with Crippen molar-refractivity contribution in [3.05, 3.63) is 20.8 Å². The molecule has 0 aliphatic heterocycles. The zero-order valence-corrected chi connectivity index (χ0v) is 13.7. The minimum atomic E-state index is -0.533. The highest BCUT2D eigenvalue weighted by atomic mass is 79.9. The van der Waals surface area contributed by atoms with Crippen LogP contribution in [0.15, 0.2) is 15.9 Å². The van der Waals surface area contributed by atoms with Gasteiger partial charge in [0.1, 0.15) is 6.04 Å². The number of carbonyl (C=O) groups excluding carboxylic acids is 2. The Hall–Kier alpha value is -0.880. The Kier molecular flexibility index (Phi) is 6.51. The van der Waals surface area contributed by atoms with Crippen LogP contribution in [0.25, 0.3) is 0 Å². The lowest BCUT2D eigenvalue weighted by Gasteiger charge is -2.19. The number of nitrogens with one attached hydrogen (secondary N) is 2. The van der Waals surface area contributed by atoms with E-state index in [0.29, 0.717) is 4.88 Å². The van der Waals surface area contributed by atoms with Crippen LogP contribution < -0.4 is 10.6 Å². The van der Waals surface area contributed by atoms with E-state index in [0.717, 1.165) is 16.6 Å². The molecule has 0 saturated carbocycles. The van der Waals surface area contributed by atoms with Gasteiger partial charge in [0.2, 0.25) is 5.91 Å². The molecule has 6 heteroatoms. The fourth-order valence-electron chi connectivity index (χ4n) is 1.59. The van der Waals surface area contributed by atoms with Crippen LogP contribution in [0, 0.1) is 0 Å². The Bertz CT molecular complexity index is 444. The summed E-state index contributed by atoms with van der Waals surface area (Å²) in [5, 5.41) is 5.62. The lowest BCUT2D eigenvalue weighted by molar-refractivity contribution is -0.123. The number of rotatable bonds is 6. The van der Waals surface area contributed by atoms with Crippen molar-refractivity contribution in [3.63, 3.8) is 0 Å². The molecule has 0 radical (unpaired) electrons. The molecular weight excluding hydrogens is 328 g/mol. The van der Waals surface area contributed by atoms with Crippen LogP contribution in [0.4, 0.5) is 0 Å². The second-order valence-electron chi connectivity index (χ2n) is 4.32. The number of halogens is 1. The van der Waals surface area contributed by atoms with Crippen LogP contribution >= 0.6 is 27.3 Å². The summed E-state index contributed by atoms with van der Waals surface area (Å²) in [6.45, 7) is 5.75. The van der Waals surface area contributed by atoms with E-state index in [1.165, 1.54) is 11.3 Å². The van der Waals surface area contributed by atoms with E-state index >= 15 is 0 Å². The predicted molar refractivity (Wildman–Crippen MR) is 81.5 cm³/mol. The first kappa shape index (κ1) is 16.2. The third-order valence-corrected chi connectivity index (χ3v) is 4.49. The molecule has 0 aromatic carbocycles. The first-order chi connectivity index (χ1) is 8.97. The molecule has 2 N–H and O–H groups in total. The highest BCUT2D eigenvalue weighted by Crippen LogP contribution is 2.21. The minimum absolute atomic E-state index is 0.141. The Morgan fingerprint density at radius 2 is 1.89 bits per heavy atom. The van der Waals surface area contributed by atoms with Gasteiger partial charge in [-0.2, -0.15) is 0 Å². The van der Waals surface area contributed by atoms with Gasteiger partial charge in [0.15, 0.2) is 0 Å². The smallest absolute Gasteiger partial charge is 0.262 e. The topological polar surface area (TPSA) is 58.2 Å². The van der Waals surface area contributed by atoms with Crippen LogP contribution in [0.5, 0.6) is 0 Å². The standard InChI is InChI=1S/C13H19BrN2O2S/c1-4-9(5-2)16-12(17)8(3)15-13(18)10-6-7-11(14)19-10/h6-9H,4-5H2,1-3H3,(H,15,18)(H,16,17). The molecule has 1 unspecified atom stereocenters. The van der Waals surface area contributed by atoms with Crippen LogP contribution in [-0.4, -0.2) is 23.9 Å². The van der Waals surface area contributed by atoms with E-state index < -0.39 is 6.04 Å². The molecule has 4 nitrogen and oxygen atoms in total. The summed E-state index contributed by atoms with van der Waals surface area (Å²) in [7, 11) is 0. The van der Waals surface area contributed by atoms with Gasteiger partial charge in [-0.05, 0) is 47.8 Å². The van der Waals surface area contributed by atoms with Gasteiger partial charge >= 0.3 is 0 Å². The summed E-state index contributed by atoms with van der Waals surface area (Å²) >= 11 is 4.65. The van der Waals surface area contributed by atoms with Crippen molar-refractivity contribution in [2.45, 2.75) is 45.7 Å². The number of hydrogen-bond acceptors (Lipinski definition) is 3. The quantitative estimate of drug-likeness (QED) is 0.831. The average molecular weight is 347 g/mol. The average Bonchev–Trinajstić information content (AvgIpc) is 2.82. The number of amides is 2. The fraction of sp³-hybridized carbons (Fsp3) is 0.538. The van der Waals surface area contributed by atoms with Crippen LogP contribution in [-0.2, 0) is 4.79 Å². The molecule has 0 aliphatic rings. The third kappa shape index (κ3) is 4.95. The maximum absolute atomic E-state index is 11.9. The lowest BCUT2D eigenvalue weighted by Crippen LogP contribution is -2.47. The van der Waals surface area contributed by atoms with E-state index in [1.807, 2.05) is 19.9 Å². The van der Waals surface area contributed by atoms with Crippen molar-refractivity contribution in [3.8, 4) is 0 Å². The Morgan fingerprint density at radius 1 is 1.26 bits per heavy atom. The zero-order valence-electron chi connectivity index (χ0n) is 11.3. The first-order valence-corrected chi connectivity index (χ1v) is 7.95. The van der Waals surface area contributed by atoms with E-state index in [9.17, 15) is 9.59 Å². The zero-order chi connectivity index (χ0) is 14.4. The molecule has 1 aromatic heterocycles. The highest BCUT2D eigenvalue weighted by molar-refractivity contribution is 9.11. The summed E-state index contributed by atoms with van der Waals surface area (Å²) in [4.78, 5) is 24.4. The Labute approximate surface area is 126 Å². The van der Waals surface area contributed by atoms with Crippen molar-refractivity contribution in [2.75, 3.05) is 0 Å². The summed E-state index contributed by atoms with van der Waals surface area (Å²) in [5.74, 6) is -0.361. The molecule has 0 fully saturated rings. The van der Waals surface area contributed by atoms with Crippen LogP contribution in [0.3, 0.4) is 0 Å². The second kappa shape index (κ2) is 7.65. The van der Waals surface area contributed by atoms with Crippen molar-refractivity contribution in [2.24, 2.45) is 0 Å². The van der Waals surface area contributed by atoms with Gasteiger partial charge in [0, 0.05) is 6.04 Å². The Balaban J connectivity index is 2.52. The molecule has 1 heterocycles. The van der Waals surface area contributed by atoms with Crippen LogP contribution in [0.2, 0.25) is 0 Å². The largest absolute Gasteiger partial charge is 0.352 e. The summed E-state index contributed by atoms with van der Waals surface area (Å²) in [6.07, 6.45) is 1.78. The van der Waals surface area contributed by atoms with Gasteiger partial charge in [-0.3, -0.25) is 9.59 Å². The number of thiophene rings is 1.